The number of amides is 1. The lowest BCUT2D eigenvalue weighted by Gasteiger charge is -2.22. The molecule has 0 aliphatic rings. The minimum atomic E-state index is -0.335. The van der Waals surface area contributed by atoms with Crippen molar-refractivity contribution in [1.82, 2.24) is 5.32 Å². The zero-order chi connectivity index (χ0) is 14.5. The molecule has 3 nitrogen and oxygen atoms in total. The Balaban J connectivity index is 2.72. The smallest absolute Gasteiger partial charge is 0.251 e. The predicted octanol–water partition coefficient (Wildman–Crippen LogP) is 2.87. The quantitative estimate of drug-likeness (QED) is 0.858. The van der Waals surface area contributed by atoms with Crippen LogP contribution in [0.15, 0.2) is 24.3 Å². The van der Waals surface area contributed by atoms with E-state index in [0.717, 1.165) is 11.1 Å². The van der Waals surface area contributed by atoms with Gasteiger partial charge in [-0.25, -0.2) is 0 Å². The van der Waals surface area contributed by atoms with E-state index in [1.165, 1.54) is 0 Å². The van der Waals surface area contributed by atoms with E-state index in [0.29, 0.717) is 19.4 Å². The van der Waals surface area contributed by atoms with E-state index in [4.69, 9.17) is 0 Å². The third kappa shape index (κ3) is 4.67. The first kappa shape index (κ1) is 15.7. The Hall–Kier alpha value is -1.35. The summed E-state index contributed by atoms with van der Waals surface area (Å²) < 4.78 is 0. The lowest BCUT2D eigenvalue weighted by Crippen LogP contribution is -2.29. The SMILES string of the molecule is CCC(O)CCNC(=O)c1ccccc1C(C)(C)C. The molecule has 1 atom stereocenters. The molecule has 1 rings (SSSR count). The van der Waals surface area contributed by atoms with E-state index < -0.39 is 0 Å². The fourth-order valence-electron chi connectivity index (χ4n) is 1.99. The summed E-state index contributed by atoms with van der Waals surface area (Å²) in [5.41, 5.74) is 1.71. The van der Waals surface area contributed by atoms with Crippen LogP contribution in [0.25, 0.3) is 0 Å². The molecule has 1 amide bonds. The Kier molecular flexibility index (Phi) is 5.55. The van der Waals surface area contributed by atoms with Crippen molar-refractivity contribution in [3.05, 3.63) is 35.4 Å². The lowest BCUT2D eigenvalue weighted by atomic mass is 9.83. The maximum atomic E-state index is 12.2. The highest BCUT2D eigenvalue weighted by Gasteiger charge is 2.20. The fraction of sp³-hybridized carbons (Fsp3) is 0.562. The van der Waals surface area contributed by atoms with Crippen LogP contribution < -0.4 is 5.32 Å². The van der Waals surface area contributed by atoms with Crippen molar-refractivity contribution in [2.75, 3.05) is 6.54 Å². The molecule has 1 aromatic rings. The first-order chi connectivity index (χ1) is 8.86. The highest BCUT2D eigenvalue weighted by Crippen LogP contribution is 2.25. The summed E-state index contributed by atoms with van der Waals surface area (Å²) in [4.78, 5) is 12.2. The van der Waals surface area contributed by atoms with Gasteiger partial charge in [-0.15, -0.1) is 0 Å². The van der Waals surface area contributed by atoms with Crippen LogP contribution >= 0.6 is 0 Å². The second kappa shape index (κ2) is 6.71. The van der Waals surface area contributed by atoms with Gasteiger partial charge in [0.2, 0.25) is 0 Å². The number of hydrogen-bond donors (Lipinski definition) is 2. The molecule has 0 spiro atoms. The molecule has 0 saturated heterocycles. The first-order valence-electron chi connectivity index (χ1n) is 6.92. The average Bonchev–Trinajstić information content (AvgIpc) is 2.37. The molecule has 0 heterocycles. The molecule has 0 aliphatic heterocycles. The number of nitrogens with one attached hydrogen (secondary N) is 1. The Morgan fingerprint density at radius 1 is 1.32 bits per heavy atom. The van der Waals surface area contributed by atoms with Crippen LogP contribution in [0, 0.1) is 0 Å². The average molecular weight is 263 g/mol. The molecule has 0 bridgehead atoms. The van der Waals surface area contributed by atoms with Gasteiger partial charge in [0.05, 0.1) is 6.10 Å². The Morgan fingerprint density at radius 2 is 1.95 bits per heavy atom. The molecule has 0 saturated carbocycles. The zero-order valence-corrected chi connectivity index (χ0v) is 12.4. The van der Waals surface area contributed by atoms with Crippen molar-refractivity contribution in [3.63, 3.8) is 0 Å². The van der Waals surface area contributed by atoms with Crippen LogP contribution in [-0.2, 0) is 5.41 Å². The van der Waals surface area contributed by atoms with Gasteiger partial charge in [-0.3, -0.25) is 4.79 Å². The van der Waals surface area contributed by atoms with E-state index in [2.05, 4.69) is 26.1 Å². The summed E-state index contributed by atoms with van der Waals surface area (Å²) >= 11 is 0. The molecule has 2 N–H and O–H groups in total. The van der Waals surface area contributed by atoms with Crippen LogP contribution in [0.5, 0.6) is 0 Å². The van der Waals surface area contributed by atoms with Gasteiger partial charge in [-0.1, -0.05) is 45.9 Å². The number of hydrogen-bond acceptors (Lipinski definition) is 2. The van der Waals surface area contributed by atoms with Crippen molar-refractivity contribution >= 4 is 5.91 Å². The number of aliphatic hydroxyl groups excluding tert-OH is 1. The molecule has 1 unspecified atom stereocenters. The van der Waals surface area contributed by atoms with Crippen LogP contribution in [-0.4, -0.2) is 23.7 Å². The third-order valence-corrected chi connectivity index (χ3v) is 3.21. The van der Waals surface area contributed by atoms with Gasteiger partial charge in [0.1, 0.15) is 0 Å². The van der Waals surface area contributed by atoms with E-state index in [1.807, 2.05) is 31.2 Å². The molecular formula is C16H25NO2. The monoisotopic (exact) mass is 263 g/mol. The molecule has 0 radical (unpaired) electrons. The molecule has 0 aromatic heterocycles. The van der Waals surface area contributed by atoms with Crippen molar-refractivity contribution in [2.45, 2.75) is 52.1 Å². The van der Waals surface area contributed by atoms with Crippen molar-refractivity contribution < 1.29 is 9.90 Å². The van der Waals surface area contributed by atoms with E-state index >= 15 is 0 Å². The standard InChI is InChI=1S/C16H25NO2/c1-5-12(18)10-11-17-15(19)13-8-6-7-9-14(13)16(2,3)4/h6-9,12,18H,5,10-11H2,1-4H3,(H,17,19). The summed E-state index contributed by atoms with van der Waals surface area (Å²) in [5.74, 6) is -0.0613. The minimum Gasteiger partial charge on any atom is -0.393 e. The normalized spacial score (nSPS) is 13.1. The van der Waals surface area contributed by atoms with Gasteiger partial charge in [0.15, 0.2) is 0 Å². The van der Waals surface area contributed by atoms with E-state index in [-0.39, 0.29) is 17.4 Å². The Morgan fingerprint density at radius 3 is 2.53 bits per heavy atom. The van der Waals surface area contributed by atoms with Crippen molar-refractivity contribution in [3.8, 4) is 0 Å². The highest BCUT2D eigenvalue weighted by molar-refractivity contribution is 5.96. The number of carbonyl (C=O) groups excluding carboxylic acids is 1. The minimum absolute atomic E-state index is 0.0587. The number of benzene rings is 1. The van der Waals surface area contributed by atoms with E-state index in [9.17, 15) is 9.90 Å². The van der Waals surface area contributed by atoms with Crippen molar-refractivity contribution in [1.29, 1.82) is 0 Å². The van der Waals surface area contributed by atoms with Gasteiger partial charge in [-0.05, 0) is 29.9 Å². The number of rotatable bonds is 5. The Bertz CT molecular complexity index is 421. The number of carbonyl (C=O) groups is 1. The largest absolute Gasteiger partial charge is 0.393 e. The first-order valence-corrected chi connectivity index (χ1v) is 6.92. The van der Waals surface area contributed by atoms with Gasteiger partial charge in [0.25, 0.3) is 5.91 Å². The summed E-state index contributed by atoms with van der Waals surface area (Å²) in [6.07, 6.45) is 0.979. The third-order valence-electron chi connectivity index (χ3n) is 3.21. The van der Waals surface area contributed by atoms with Gasteiger partial charge < -0.3 is 10.4 Å². The second-order valence-corrected chi connectivity index (χ2v) is 5.90. The number of aliphatic hydroxyl groups is 1. The summed E-state index contributed by atoms with van der Waals surface area (Å²) in [5, 5.41) is 12.4. The highest BCUT2D eigenvalue weighted by atomic mass is 16.3. The maximum absolute atomic E-state index is 12.2. The van der Waals surface area contributed by atoms with Crippen molar-refractivity contribution in [2.24, 2.45) is 0 Å². The molecule has 0 aliphatic carbocycles. The molecule has 1 aromatic carbocycles. The molecule has 0 fully saturated rings. The van der Waals surface area contributed by atoms with Crippen LogP contribution in [0.2, 0.25) is 0 Å². The molecule has 19 heavy (non-hydrogen) atoms. The summed E-state index contributed by atoms with van der Waals surface area (Å²) in [6, 6.07) is 7.69. The summed E-state index contributed by atoms with van der Waals surface area (Å²) in [7, 11) is 0. The molecule has 3 heteroatoms. The summed E-state index contributed by atoms with van der Waals surface area (Å²) in [6.45, 7) is 8.73. The van der Waals surface area contributed by atoms with Crippen LogP contribution in [0.1, 0.15) is 56.5 Å². The fourth-order valence-corrected chi connectivity index (χ4v) is 1.99. The van der Waals surface area contributed by atoms with Gasteiger partial charge in [0, 0.05) is 12.1 Å². The second-order valence-electron chi connectivity index (χ2n) is 5.90. The molecular weight excluding hydrogens is 238 g/mol. The van der Waals surface area contributed by atoms with Crippen LogP contribution in [0.3, 0.4) is 0 Å². The van der Waals surface area contributed by atoms with E-state index in [1.54, 1.807) is 0 Å². The van der Waals surface area contributed by atoms with Crippen LogP contribution in [0.4, 0.5) is 0 Å². The zero-order valence-electron chi connectivity index (χ0n) is 12.4. The predicted molar refractivity (Wildman–Crippen MR) is 78.4 cm³/mol. The Labute approximate surface area is 116 Å². The van der Waals surface area contributed by atoms with Gasteiger partial charge in [-0.2, -0.15) is 0 Å². The topological polar surface area (TPSA) is 49.3 Å². The maximum Gasteiger partial charge on any atom is 0.251 e. The molecule has 106 valence electrons. The van der Waals surface area contributed by atoms with Gasteiger partial charge >= 0.3 is 0 Å². The lowest BCUT2D eigenvalue weighted by molar-refractivity contribution is 0.0939.